The van der Waals surface area contributed by atoms with E-state index in [1.165, 1.54) is 12.3 Å². The Morgan fingerprint density at radius 2 is 2.11 bits per heavy atom. The van der Waals surface area contributed by atoms with Gasteiger partial charge in [0.15, 0.2) is 0 Å². The van der Waals surface area contributed by atoms with E-state index in [2.05, 4.69) is 14.3 Å². The average Bonchev–Trinajstić information content (AvgIpc) is 2.81. The number of nitrogens with two attached hydrogens (primary N) is 1. The van der Waals surface area contributed by atoms with E-state index in [1.54, 1.807) is 18.2 Å². The van der Waals surface area contributed by atoms with Crippen molar-refractivity contribution in [2.75, 3.05) is 4.72 Å². The quantitative estimate of drug-likeness (QED) is 0.817. The van der Waals surface area contributed by atoms with Crippen molar-refractivity contribution in [3.63, 3.8) is 0 Å². The topological polar surface area (TPSA) is 98.0 Å². The van der Waals surface area contributed by atoms with Gasteiger partial charge in [-0.3, -0.25) is 4.72 Å². The summed E-state index contributed by atoms with van der Waals surface area (Å²) in [7, 11) is -3.75. The summed E-state index contributed by atoms with van der Waals surface area (Å²) in [5.74, 6) is 0. The summed E-state index contributed by atoms with van der Waals surface area (Å²) in [5, 5.41) is 3.88. The molecule has 1 aromatic carbocycles. The van der Waals surface area contributed by atoms with E-state index < -0.39 is 10.0 Å². The van der Waals surface area contributed by atoms with E-state index in [0.717, 1.165) is 11.5 Å². The highest BCUT2D eigenvalue weighted by atomic mass is 32.2. The highest BCUT2D eigenvalue weighted by Crippen LogP contribution is 2.20. The smallest absolute Gasteiger partial charge is 0.263 e. The molecule has 2 aromatic rings. The number of sulfonamides is 1. The van der Waals surface area contributed by atoms with Gasteiger partial charge in [-0.1, -0.05) is 34.9 Å². The lowest BCUT2D eigenvalue weighted by Gasteiger charge is -2.09. The zero-order valence-electron chi connectivity index (χ0n) is 8.90. The molecule has 9 heteroatoms. The summed E-state index contributed by atoms with van der Waals surface area (Å²) in [6.45, 7) is 0. The van der Waals surface area contributed by atoms with Crippen LogP contribution in [0.2, 0.25) is 0 Å². The predicted octanol–water partition coefficient (Wildman–Crippen LogP) is 0.973. The minimum absolute atomic E-state index is 0.0263. The van der Waals surface area contributed by atoms with Crippen LogP contribution < -0.4 is 10.5 Å². The van der Waals surface area contributed by atoms with Gasteiger partial charge < -0.3 is 5.73 Å². The maximum absolute atomic E-state index is 12.1. The number of hydrogen-bond acceptors (Lipinski definition) is 6. The Morgan fingerprint density at radius 1 is 1.39 bits per heavy atom. The Hall–Kier alpha value is -1.58. The summed E-state index contributed by atoms with van der Waals surface area (Å²) in [5.41, 5.74) is 5.80. The van der Waals surface area contributed by atoms with Gasteiger partial charge in [-0.2, -0.15) is 0 Å². The lowest BCUT2D eigenvalue weighted by molar-refractivity contribution is 0.601. The van der Waals surface area contributed by atoms with Crippen LogP contribution in [0.3, 0.4) is 0 Å². The predicted molar refractivity (Wildman–Crippen MR) is 73.0 cm³/mol. The third-order valence-corrected chi connectivity index (χ3v) is 4.39. The van der Waals surface area contributed by atoms with Gasteiger partial charge in [0.2, 0.25) is 0 Å². The normalized spacial score (nSPS) is 11.1. The fourth-order valence-corrected chi connectivity index (χ4v) is 3.45. The molecular formula is C9H8N4O2S3. The van der Waals surface area contributed by atoms with E-state index in [4.69, 9.17) is 18.0 Å². The van der Waals surface area contributed by atoms with Gasteiger partial charge in [-0.05, 0) is 6.07 Å². The second-order valence-corrected chi connectivity index (χ2v) is 6.12. The zero-order valence-corrected chi connectivity index (χ0v) is 11.3. The van der Waals surface area contributed by atoms with Crippen LogP contribution in [0.4, 0.5) is 5.00 Å². The molecule has 0 spiro atoms. The highest BCUT2D eigenvalue weighted by Gasteiger charge is 2.20. The van der Waals surface area contributed by atoms with Gasteiger partial charge in [0.05, 0.1) is 11.1 Å². The number of thiocarbonyl (C=S) groups is 1. The van der Waals surface area contributed by atoms with Crippen LogP contribution in [0, 0.1) is 0 Å². The molecule has 0 unspecified atom stereocenters. The average molecular weight is 300 g/mol. The molecule has 2 rings (SSSR count). The van der Waals surface area contributed by atoms with Crippen molar-refractivity contribution in [2.24, 2.45) is 5.73 Å². The van der Waals surface area contributed by atoms with Gasteiger partial charge in [-0.15, -0.1) is 5.10 Å². The molecule has 0 saturated carbocycles. The number of benzene rings is 1. The standard InChI is InChI=1S/C9H8N4O2S3/c10-9(16)6-3-1-2-4-7(6)18(14,15)12-8-5-11-13-17-8/h1-5,12H,(H2,10,16). The van der Waals surface area contributed by atoms with Gasteiger partial charge in [0.25, 0.3) is 10.0 Å². The third-order valence-electron chi connectivity index (χ3n) is 2.04. The summed E-state index contributed by atoms with van der Waals surface area (Å²) in [6, 6.07) is 6.26. The Labute approximate surface area is 113 Å². The summed E-state index contributed by atoms with van der Waals surface area (Å²) >= 11 is 5.77. The van der Waals surface area contributed by atoms with E-state index in [0.29, 0.717) is 10.6 Å². The second kappa shape index (κ2) is 4.96. The van der Waals surface area contributed by atoms with Crippen LogP contribution in [-0.4, -0.2) is 23.0 Å². The molecule has 18 heavy (non-hydrogen) atoms. The molecule has 0 amide bonds. The first-order valence-corrected chi connectivity index (χ1v) is 7.36. The molecule has 94 valence electrons. The first-order chi connectivity index (χ1) is 8.50. The summed E-state index contributed by atoms with van der Waals surface area (Å²) < 4.78 is 30.2. The number of rotatable bonds is 4. The maximum atomic E-state index is 12.1. The Bertz CT molecular complexity index is 667. The van der Waals surface area contributed by atoms with E-state index in [9.17, 15) is 8.42 Å². The monoisotopic (exact) mass is 300 g/mol. The lowest BCUT2D eigenvalue weighted by Crippen LogP contribution is -2.19. The first kappa shape index (κ1) is 12.9. The molecule has 3 N–H and O–H groups in total. The van der Waals surface area contributed by atoms with E-state index in [-0.39, 0.29) is 9.88 Å². The van der Waals surface area contributed by atoms with Crippen molar-refractivity contribution >= 4 is 43.8 Å². The van der Waals surface area contributed by atoms with Crippen LogP contribution in [-0.2, 0) is 10.0 Å². The van der Waals surface area contributed by atoms with Gasteiger partial charge in [-0.25, -0.2) is 8.42 Å². The number of aromatic nitrogens is 2. The fourth-order valence-electron chi connectivity index (χ4n) is 1.30. The lowest BCUT2D eigenvalue weighted by atomic mass is 10.2. The van der Waals surface area contributed by atoms with Crippen molar-refractivity contribution < 1.29 is 8.42 Å². The van der Waals surface area contributed by atoms with E-state index in [1.807, 2.05) is 0 Å². The van der Waals surface area contributed by atoms with Crippen molar-refractivity contribution in [3.05, 3.63) is 36.0 Å². The Balaban J connectivity index is 2.45. The third kappa shape index (κ3) is 2.63. The minimum Gasteiger partial charge on any atom is -0.389 e. The first-order valence-electron chi connectivity index (χ1n) is 4.70. The fraction of sp³-hybridized carbons (Fsp3) is 0. The molecule has 0 atom stereocenters. The number of nitrogens with one attached hydrogen (secondary N) is 1. The Kier molecular flexibility index (Phi) is 3.55. The maximum Gasteiger partial charge on any atom is 0.263 e. The van der Waals surface area contributed by atoms with Gasteiger partial charge in [0.1, 0.15) is 9.99 Å². The molecule has 1 aromatic heterocycles. The molecule has 0 fully saturated rings. The van der Waals surface area contributed by atoms with Crippen LogP contribution in [0.25, 0.3) is 0 Å². The SMILES string of the molecule is NC(=S)c1ccccc1S(=O)(=O)Nc1cnns1. The molecule has 0 aliphatic carbocycles. The van der Waals surface area contributed by atoms with Crippen LogP contribution >= 0.6 is 23.8 Å². The van der Waals surface area contributed by atoms with Gasteiger partial charge >= 0.3 is 0 Å². The van der Waals surface area contributed by atoms with Crippen LogP contribution in [0.1, 0.15) is 5.56 Å². The van der Waals surface area contributed by atoms with Crippen molar-refractivity contribution in [1.29, 1.82) is 0 Å². The second-order valence-electron chi connectivity index (χ2n) is 3.25. The van der Waals surface area contributed by atoms with Crippen LogP contribution in [0.5, 0.6) is 0 Å². The number of anilines is 1. The largest absolute Gasteiger partial charge is 0.389 e. The van der Waals surface area contributed by atoms with Crippen LogP contribution in [0.15, 0.2) is 35.4 Å². The minimum atomic E-state index is -3.75. The molecule has 1 heterocycles. The molecule has 0 aliphatic heterocycles. The van der Waals surface area contributed by atoms with Crippen molar-refractivity contribution in [3.8, 4) is 0 Å². The molecule has 0 bridgehead atoms. The summed E-state index contributed by atoms with van der Waals surface area (Å²) in [6.07, 6.45) is 1.32. The molecule has 0 saturated heterocycles. The van der Waals surface area contributed by atoms with Gasteiger partial charge in [0, 0.05) is 17.1 Å². The number of hydrogen-bond donors (Lipinski definition) is 2. The van der Waals surface area contributed by atoms with E-state index >= 15 is 0 Å². The number of nitrogens with zero attached hydrogens (tertiary/aromatic N) is 2. The molecule has 0 aliphatic rings. The molecule has 0 radical (unpaired) electrons. The van der Waals surface area contributed by atoms with Crippen molar-refractivity contribution in [1.82, 2.24) is 9.59 Å². The van der Waals surface area contributed by atoms with Crippen molar-refractivity contribution in [2.45, 2.75) is 4.90 Å². The highest BCUT2D eigenvalue weighted by molar-refractivity contribution is 7.93. The summed E-state index contributed by atoms with van der Waals surface area (Å²) in [4.78, 5) is 0.0595. The zero-order chi connectivity index (χ0) is 13.2. The molecule has 6 nitrogen and oxygen atoms in total. The Morgan fingerprint density at radius 3 is 2.72 bits per heavy atom. The molecular weight excluding hydrogens is 292 g/mol.